The van der Waals surface area contributed by atoms with Gasteiger partial charge in [0.1, 0.15) is 4.88 Å². The predicted octanol–water partition coefficient (Wildman–Crippen LogP) is 4.43. The first kappa shape index (κ1) is 31.9. The van der Waals surface area contributed by atoms with Crippen molar-refractivity contribution in [1.29, 1.82) is 0 Å². The maximum atomic E-state index is 14.1. The number of β-lactam (4-membered cyclic amide) rings is 1. The van der Waals surface area contributed by atoms with Gasteiger partial charge < -0.3 is 14.9 Å². The summed E-state index contributed by atoms with van der Waals surface area (Å²) in [7, 11) is 0. The van der Waals surface area contributed by atoms with Crippen LogP contribution in [0.1, 0.15) is 39.1 Å². The lowest BCUT2D eigenvalue weighted by atomic mass is 9.81. The van der Waals surface area contributed by atoms with Gasteiger partial charge >= 0.3 is 11.9 Å². The van der Waals surface area contributed by atoms with Crippen LogP contribution in [0.25, 0.3) is 0 Å². The molecule has 8 nitrogen and oxygen atoms in total. The first-order valence-corrected chi connectivity index (χ1v) is 16.9. The molecule has 1 aromatic heterocycles. The molecule has 0 unspecified atom stereocenters. The summed E-state index contributed by atoms with van der Waals surface area (Å²) < 4.78 is 6.27. The van der Waals surface area contributed by atoms with Crippen molar-refractivity contribution in [3.63, 3.8) is 0 Å². The Balaban J connectivity index is 1.82. The Morgan fingerprint density at radius 3 is 1.80 bits per heavy atom. The van der Waals surface area contributed by atoms with Gasteiger partial charge in [0.05, 0.1) is 29.4 Å². The fraction of sp³-hybridized carbons (Fsp3) is 0.171. The van der Waals surface area contributed by atoms with E-state index in [-0.39, 0.29) is 34.0 Å². The van der Waals surface area contributed by atoms with Crippen LogP contribution in [0.2, 0.25) is 0 Å². The fourth-order valence-electron chi connectivity index (χ4n) is 5.72. The van der Waals surface area contributed by atoms with Gasteiger partial charge in [-0.05, 0) is 35.0 Å². The molecule has 2 N–H and O–H groups in total. The zero-order valence-corrected chi connectivity index (χ0v) is 26.2. The Morgan fingerprint density at radius 2 is 1.38 bits per heavy atom. The number of nitrogens with zero attached hydrogens (tertiary/aromatic N) is 1. The van der Waals surface area contributed by atoms with Crippen molar-refractivity contribution in [2.24, 2.45) is 5.92 Å². The topological polar surface area (TPSA) is 121 Å². The molecule has 10 heteroatoms. The number of aromatic carboxylic acids is 1. The molecule has 230 valence electrons. The smallest absolute Gasteiger partial charge is 0.345 e. The molecule has 4 aromatic rings. The number of thiophene rings is 1. The normalized spacial score (nSPS) is 16.8. The van der Waals surface area contributed by atoms with Crippen LogP contribution in [0.15, 0.2) is 116 Å². The molecule has 45 heavy (non-hydrogen) atoms. The van der Waals surface area contributed by atoms with E-state index >= 15 is 0 Å². The number of likely N-dealkylation sites (tertiary alicyclic amines) is 1. The molecule has 0 aliphatic carbocycles. The third-order valence-electron chi connectivity index (χ3n) is 7.71. The maximum absolute atomic E-state index is 14.1. The molecule has 5 rings (SSSR count). The number of Topliss-reactive ketones (excluding diaryl/α,β-unsaturated/α-hetero) is 1. The molecule has 3 aromatic carbocycles. The number of ether oxygens (including phenoxy) is 1. The van der Waals surface area contributed by atoms with E-state index in [2.05, 4.69) is 6.58 Å². The molecule has 1 fully saturated rings. The zero-order chi connectivity index (χ0) is 32.1. The molecule has 1 amide bonds. The summed E-state index contributed by atoms with van der Waals surface area (Å²) in [5.41, 5.74) is 0.0926. The molecule has 0 bridgehead atoms. The highest BCUT2D eigenvalue weighted by Gasteiger charge is 2.55. The van der Waals surface area contributed by atoms with Gasteiger partial charge in [-0.25, -0.2) is 4.79 Å². The van der Waals surface area contributed by atoms with Crippen molar-refractivity contribution in [1.82, 2.24) is 4.90 Å². The van der Waals surface area contributed by atoms with E-state index in [0.29, 0.717) is 0 Å². The maximum Gasteiger partial charge on any atom is 0.345 e. The SMILES string of the molecule is C=CCC(=O)OC(N1C(=O)[C@H]([C@@H](C)O)[C@H]1CC(=O)c1ccc(C(=O)O)s1)=P(c1ccccc1)(c1ccccc1)c1ccccc1. The molecule has 2 heterocycles. The van der Waals surface area contributed by atoms with Gasteiger partial charge in [0.15, 0.2) is 5.78 Å². The Bertz CT molecular complexity index is 1680. The lowest BCUT2D eigenvalue weighted by molar-refractivity contribution is -0.157. The van der Waals surface area contributed by atoms with Crippen LogP contribution in [0.3, 0.4) is 0 Å². The van der Waals surface area contributed by atoms with Gasteiger partial charge in [-0.1, -0.05) is 97.1 Å². The summed E-state index contributed by atoms with van der Waals surface area (Å²) in [6.45, 7) is 2.02. The number of carbonyl (C=O) groups excluding carboxylic acids is 3. The summed E-state index contributed by atoms with van der Waals surface area (Å²) in [5.74, 6) is -3.59. The van der Waals surface area contributed by atoms with E-state index in [1.54, 1.807) is 0 Å². The zero-order valence-electron chi connectivity index (χ0n) is 24.5. The molecule has 1 aliphatic rings. The quantitative estimate of drug-likeness (QED) is 0.0772. The number of benzene rings is 3. The van der Waals surface area contributed by atoms with E-state index in [0.717, 1.165) is 27.3 Å². The molecular weight excluding hydrogens is 609 g/mol. The second kappa shape index (κ2) is 13.6. The number of ketones is 1. The Labute approximate surface area is 265 Å². The van der Waals surface area contributed by atoms with E-state index in [1.807, 2.05) is 91.0 Å². The van der Waals surface area contributed by atoms with Crippen LogP contribution < -0.4 is 15.9 Å². The number of hydrogen-bond donors (Lipinski definition) is 2. The molecule has 1 saturated heterocycles. The predicted molar refractivity (Wildman–Crippen MR) is 177 cm³/mol. The van der Waals surface area contributed by atoms with Gasteiger partial charge in [-0.2, -0.15) is 0 Å². The van der Waals surface area contributed by atoms with Gasteiger partial charge in [0.25, 0.3) is 0 Å². The Hall–Kier alpha value is -4.56. The first-order chi connectivity index (χ1) is 21.7. The van der Waals surface area contributed by atoms with Crippen LogP contribution in [0.5, 0.6) is 0 Å². The van der Waals surface area contributed by atoms with Gasteiger partial charge in [-0.3, -0.25) is 19.3 Å². The second-order valence-electron chi connectivity index (χ2n) is 10.6. The highest BCUT2D eigenvalue weighted by atomic mass is 32.1. The number of amides is 1. The van der Waals surface area contributed by atoms with Gasteiger partial charge in [0.2, 0.25) is 11.5 Å². The molecule has 0 spiro atoms. The standard InChI is InChI=1S/C35H32NO7PS/c1-3-13-31(39)43-35(36-27(32(23(2)37)33(36)40)22-28(38)29-20-21-30(45-29)34(41)42)44(24-14-7-4-8-15-24,25-16-9-5-10-17-25)26-18-11-6-12-19-26/h3-12,14-21,23,27,32,37H,1,13,22H2,2H3,(H,41,42)/t23-,27-,32-/m1/s1. The highest BCUT2D eigenvalue weighted by molar-refractivity contribution is 7.95. The summed E-state index contributed by atoms with van der Waals surface area (Å²) in [6.07, 6.45) is -0.0305. The van der Waals surface area contributed by atoms with Crippen molar-refractivity contribution in [2.45, 2.75) is 31.9 Å². The minimum Gasteiger partial charge on any atom is -0.477 e. The minimum absolute atomic E-state index is 0.0137. The number of carboxylic acids is 1. The number of carbonyl (C=O) groups is 4. The average Bonchev–Trinajstić information content (AvgIpc) is 3.54. The van der Waals surface area contributed by atoms with E-state index in [1.165, 1.54) is 30.0 Å². The van der Waals surface area contributed by atoms with Crippen molar-refractivity contribution in [2.75, 3.05) is 0 Å². The van der Waals surface area contributed by atoms with E-state index in [9.17, 15) is 29.4 Å². The molecule has 0 radical (unpaired) electrons. The third-order valence-corrected chi connectivity index (χ3v) is 12.9. The summed E-state index contributed by atoms with van der Waals surface area (Å²) in [6, 6.07) is 30.5. The summed E-state index contributed by atoms with van der Waals surface area (Å²) >= 11 is 0.848. The van der Waals surface area contributed by atoms with E-state index in [4.69, 9.17) is 4.74 Å². The monoisotopic (exact) mass is 641 g/mol. The lowest BCUT2D eigenvalue weighted by Gasteiger charge is -2.50. The number of esters is 1. The van der Waals surface area contributed by atoms with Crippen molar-refractivity contribution < 1.29 is 34.1 Å². The molecule has 0 saturated carbocycles. The highest BCUT2D eigenvalue weighted by Crippen LogP contribution is 2.50. The number of carboxylic acid groups (broad SMARTS) is 1. The number of hydrogen-bond acceptors (Lipinski definition) is 7. The molecule has 3 atom stereocenters. The summed E-state index contributed by atoms with van der Waals surface area (Å²) in [5, 5.41) is 22.6. The van der Waals surface area contributed by atoms with Crippen molar-refractivity contribution >= 4 is 63.4 Å². The first-order valence-electron chi connectivity index (χ1n) is 14.3. The molecular formula is C35H32NO7PS. The van der Waals surface area contributed by atoms with Crippen LogP contribution in [-0.2, 0) is 14.3 Å². The second-order valence-corrected chi connectivity index (χ2v) is 14.9. The number of rotatable bonds is 12. The summed E-state index contributed by atoms with van der Waals surface area (Å²) in [4.78, 5) is 54.2. The Morgan fingerprint density at radius 1 is 0.889 bits per heavy atom. The lowest BCUT2D eigenvalue weighted by Crippen LogP contribution is -2.67. The van der Waals surface area contributed by atoms with Crippen LogP contribution in [0.4, 0.5) is 0 Å². The Kier molecular flexibility index (Phi) is 9.63. The van der Waals surface area contributed by atoms with Crippen LogP contribution in [0, 0.1) is 5.92 Å². The van der Waals surface area contributed by atoms with Crippen LogP contribution in [-0.4, -0.2) is 56.5 Å². The van der Waals surface area contributed by atoms with E-state index < -0.39 is 42.8 Å². The van der Waals surface area contributed by atoms with Crippen molar-refractivity contribution in [3.05, 3.63) is 126 Å². The third kappa shape index (κ3) is 6.07. The average molecular weight is 642 g/mol. The van der Waals surface area contributed by atoms with Crippen LogP contribution >= 0.6 is 18.2 Å². The largest absolute Gasteiger partial charge is 0.477 e. The van der Waals surface area contributed by atoms with Crippen molar-refractivity contribution in [3.8, 4) is 0 Å². The minimum atomic E-state index is -3.14. The number of aliphatic hydroxyl groups is 1. The fourth-order valence-corrected chi connectivity index (χ4v) is 10.7. The number of aliphatic hydroxyl groups excluding tert-OH is 1. The van der Waals surface area contributed by atoms with Gasteiger partial charge in [0, 0.05) is 13.3 Å². The molecule has 1 aliphatic heterocycles. The van der Waals surface area contributed by atoms with Gasteiger partial charge in [-0.15, -0.1) is 17.9 Å².